The van der Waals surface area contributed by atoms with Crippen molar-refractivity contribution in [1.82, 2.24) is 4.98 Å². The van der Waals surface area contributed by atoms with Gasteiger partial charge < -0.3 is 16.4 Å². The molecule has 0 radical (unpaired) electrons. The number of carbonyl (C=O) groups excluding carboxylic acids is 2. The van der Waals surface area contributed by atoms with Crippen molar-refractivity contribution in [3.63, 3.8) is 0 Å². The molecule has 0 aliphatic carbocycles. The molecule has 0 saturated carbocycles. The van der Waals surface area contributed by atoms with Crippen LogP contribution in [0.3, 0.4) is 0 Å². The average Bonchev–Trinajstić information content (AvgIpc) is 3.10. The molecular formula is C20H16FN5O2S. The van der Waals surface area contributed by atoms with E-state index in [0.29, 0.717) is 16.8 Å². The van der Waals surface area contributed by atoms with Gasteiger partial charge in [-0.2, -0.15) is 5.26 Å². The first-order valence-corrected chi connectivity index (χ1v) is 9.28. The standard InChI is InChI=1S/C20H16FN5O2S/c1-11(19(24)28)26(15-7-5-14(21)6-8-15)20-25-18(23)17(29-20)16(27)13-4-2-3-12(9-13)10-22/h2-9,11H,23H2,1H3,(H2,24,28). The topological polar surface area (TPSA) is 126 Å². The van der Waals surface area contributed by atoms with E-state index in [1.54, 1.807) is 25.1 Å². The number of nitriles is 1. The SMILES string of the molecule is CC(C(N)=O)N(c1ccc(F)cc1)c1nc(N)c(C(=O)c2cccc(C#N)c2)s1. The fraction of sp³-hybridized carbons (Fsp3) is 0.100. The van der Waals surface area contributed by atoms with Crippen molar-refractivity contribution in [2.45, 2.75) is 13.0 Å². The number of nitrogens with zero attached hydrogens (tertiary/aromatic N) is 3. The van der Waals surface area contributed by atoms with Crippen LogP contribution in [0.25, 0.3) is 0 Å². The number of primary amides is 1. The van der Waals surface area contributed by atoms with Gasteiger partial charge in [0.2, 0.25) is 11.7 Å². The van der Waals surface area contributed by atoms with Gasteiger partial charge in [0, 0.05) is 11.3 Å². The first-order valence-electron chi connectivity index (χ1n) is 8.47. The van der Waals surface area contributed by atoms with Crippen molar-refractivity contribution in [2.75, 3.05) is 10.6 Å². The zero-order valence-corrected chi connectivity index (χ0v) is 16.1. The second kappa shape index (κ2) is 8.08. The van der Waals surface area contributed by atoms with Crippen LogP contribution >= 0.6 is 11.3 Å². The monoisotopic (exact) mass is 409 g/mol. The third-order valence-corrected chi connectivity index (χ3v) is 5.28. The number of thiazole rings is 1. The molecule has 0 fully saturated rings. The van der Waals surface area contributed by atoms with Gasteiger partial charge in [0.1, 0.15) is 22.6 Å². The predicted molar refractivity (Wildman–Crippen MR) is 108 cm³/mol. The van der Waals surface area contributed by atoms with E-state index >= 15 is 0 Å². The number of carbonyl (C=O) groups is 2. The Labute approximate surface area is 170 Å². The third kappa shape index (κ3) is 4.07. The number of hydrogen-bond donors (Lipinski definition) is 2. The minimum absolute atomic E-state index is 0.0128. The van der Waals surface area contributed by atoms with Gasteiger partial charge in [0.05, 0.1) is 11.6 Å². The van der Waals surface area contributed by atoms with Gasteiger partial charge >= 0.3 is 0 Å². The number of rotatable bonds is 6. The molecule has 0 aliphatic rings. The van der Waals surface area contributed by atoms with Crippen molar-refractivity contribution >= 4 is 39.7 Å². The van der Waals surface area contributed by atoms with Crippen molar-refractivity contribution in [3.8, 4) is 6.07 Å². The highest BCUT2D eigenvalue weighted by Crippen LogP contribution is 2.36. The summed E-state index contributed by atoms with van der Waals surface area (Å²) in [5.74, 6) is -1.47. The third-order valence-electron chi connectivity index (χ3n) is 4.21. The second-order valence-electron chi connectivity index (χ2n) is 6.16. The van der Waals surface area contributed by atoms with Crippen LogP contribution in [-0.2, 0) is 4.79 Å². The van der Waals surface area contributed by atoms with Crippen LogP contribution in [-0.4, -0.2) is 22.7 Å². The molecule has 4 N–H and O–H groups in total. The minimum atomic E-state index is -0.823. The second-order valence-corrected chi connectivity index (χ2v) is 7.13. The highest BCUT2D eigenvalue weighted by atomic mass is 32.1. The molecule has 0 saturated heterocycles. The van der Waals surface area contributed by atoms with Crippen LogP contribution in [0.1, 0.15) is 27.7 Å². The molecule has 0 spiro atoms. The first kappa shape index (κ1) is 20.0. The highest BCUT2D eigenvalue weighted by molar-refractivity contribution is 7.18. The summed E-state index contributed by atoms with van der Waals surface area (Å²) in [6.07, 6.45) is 0. The van der Waals surface area contributed by atoms with Gasteiger partial charge in [0.15, 0.2) is 5.13 Å². The Hall–Kier alpha value is -3.77. The number of amides is 1. The van der Waals surface area contributed by atoms with Crippen LogP contribution in [0.15, 0.2) is 48.5 Å². The van der Waals surface area contributed by atoms with Crippen LogP contribution < -0.4 is 16.4 Å². The van der Waals surface area contributed by atoms with Gasteiger partial charge in [-0.05, 0) is 43.3 Å². The maximum absolute atomic E-state index is 13.3. The number of anilines is 3. The molecule has 1 heterocycles. The van der Waals surface area contributed by atoms with Crippen LogP contribution in [0.5, 0.6) is 0 Å². The van der Waals surface area contributed by atoms with E-state index in [4.69, 9.17) is 16.7 Å². The summed E-state index contributed by atoms with van der Waals surface area (Å²) in [6.45, 7) is 1.57. The summed E-state index contributed by atoms with van der Waals surface area (Å²) in [4.78, 5) is 30.6. The van der Waals surface area contributed by atoms with Gasteiger partial charge in [0.25, 0.3) is 0 Å². The quantitative estimate of drug-likeness (QED) is 0.603. The number of halogens is 1. The van der Waals surface area contributed by atoms with E-state index in [-0.39, 0.29) is 15.8 Å². The number of hydrogen-bond acceptors (Lipinski definition) is 7. The van der Waals surface area contributed by atoms with Crippen molar-refractivity contribution in [2.24, 2.45) is 5.73 Å². The van der Waals surface area contributed by atoms with Gasteiger partial charge in [-0.3, -0.25) is 9.59 Å². The van der Waals surface area contributed by atoms with Crippen molar-refractivity contribution in [3.05, 3.63) is 70.4 Å². The lowest BCUT2D eigenvalue weighted by molar-refractivity contribution is -0.118. The zero-order valence-electron chi connectivity index (χ0n) is 15.3. The molecule has 146 valence electrons. The largest absolute Gasteiger partial charge is 0.382 e. The number of benzene rings is 2. The molecule has 1 atom stereocenters. The number of nitrogens with two attached hydrogens (primary N) is 2. The Morgan fingerprint density at radius 3 is 2.55 bits per heavy atom. The molecule has 1 unspecified atom stereocenters. The maximum Gasteiger partial charge on any atom is 0.240 e. The molecule has 3 aromatic rings. The smallest absolute Gasteiger partial charge is 0.240 e. The molecule has 0 bridgehead atoms. The number of ketones is 1. The Morgan fingerprint density at radius 1 is 1.24 bits per heavy atom. The molecule has 7 nitrogen and oxygen atoms in total. The molecule has 3 rings (SSSR count). The van der Waals surface area contributed by atoms with Crippen LogP contribution in [0.4, 0.5) is 21.0 Å². The molecular weight excluding hydrogens is 393 g/mol. The summed E-state index contributed by atoms with van der Waals surface area (Å²) < 4.78 is 13.3. The fourth-order valence-electron chi connectivity index (χ4n) is 2.68. The Balaban J connectivity index is 2.05. The first-order chi connectivity index (χ1) is 13.8. The van der Waals surface area contributed by atoms with Crippen molar-refractivity contribution < 1.29 is 14.0 Å². The Bertz CT molecular complexity index is 1120. The Kier molecular flexibility index (Phi) is 5.57. The molecule has 29 heavy (non-hydrogen) atoms. The number of nitrogen functional groups attached to an aromatic ring is 1. The summed E-state index contributed by atoms with van der Waals surface area (Å²) in [5.41, 5.74) is 12.5. The summed E-state index contributed by atoms with van der Waals surface area (Å²) >= 11 is 0.985. The van der Waals surface area contributed by atoms with E-state index in [9.17, 15) is 14.0 Å². The van der Waals surface area contributed by atoms with Gasteiger partial charge in [-0.1, -0.05) is 23.5 Å². The van der Waals surface area contributed by atoms with Gasteiger partial charge in [-0.25, -0.2) is 9.37 Å². The van der Waals surface area contributed by atoms with E-state index < -0.39 is 23.5 Å². The lowest BCUT2D eigenvalue weighted by Gasteiger charge is -2.26. The minimum Gasteiger partial charge on any atom is -0.382 e. The zero-order chi connectivity index (χ0) is 21.1. The fourth-order valence-corrected chi connectivity index (χ4v) is 3.72. The van der Waals surface area contributed by atoms with E-state index in [2.05, 4.69) is 4.98 Å². The molecule has 9 heteroatoms. The highest BCUT2D eigenvalue weighted by Gasteiger charge is 2.27. The van der Waals surface area contributed by atoms with Gasteiger partial charge in [-0.15, -0.1) is 0 Å². The molecule has 1 aromatic heterocycles. The Morgan fingerprint density at radius 2 is 1.93 bits per heavy atom. The van der Waals surface area contributed by atoms with E-state index in [1.807, 2.05) is 6.07 Å². The van der Waals surface area contributed by atoms with E-state index in [1.165, 1.54) is 35.2 Å². The molecule has 1 amide bonds. The summed E-state index contributed by atoms with van der Waals surface area (Å²) in [7, 11) is 0. The van der Waals surface area contributed by atoms with E-state index in [0.717, 1.165) is 11.3 Å². The van der Waals surface area contributed by atoms with Crippen molar-refractivity contribution in [1.29, 1.82) is 5.26 Å². The lowest BCUT2D eigenvalue weighted by Crippen LogP contribution is -2.39. The maximum atomic E-state index is 13.3. The lowest BCUT2D eigenvalue weighted by atomic mass is 10.1. The number of aromatic nitrogens is 1. The molecule has 0 aliphatic heterocycles. The summed E-state index contributed by atoms with van der Waals surface area (Å²) in [6, 6.07) is 12.8. The van der Waals surface area contributed by atoms with Crippen LogP contribution in [0, 0.1) is 17.1 Å². The normalized spacial score (nSPS) is 11.5. The average molecular weight is 409 g/mol. The summed E-state index contributed by atoms with van der Waals surface area (Å²) in [5, 5.41) is 9.30. The predicted octanol–water partition coefficient (Wildman–Crippen LogP) is 2.98. The van der Waals surface area contributed by atoms with Crippen LogP contribution in [0.2, 0.25) is 0 Å². The molecule has 2 aromatic carbocycles.